The van der Waals surface area contributed by atoms with E-state index in [9.17, 15) is 9.59 Å². The molecule has 0 aromatic heterocycles. The van der Waals surface area contributed by atoms with E-state index < -0.39 is 5.97 Å². The standard InChI is InChI=1S/C29H38N2O5/c1-35-13-3-5-22-14-24(16-27(15-22)36-20-21-6-8-25(9-7-21)29(33)34)19-31(26-10-11-26)28(32)17-23-4-2-12-30-18-23/h6-9,14-16,23,26,30H,2-5,10-13,17-20H2,1H3,(H,33,34). The van der Waals surface area contributed by atoms with Crippen molar-refractivity contribution in [3.63, 3.8) is 0 Å². The fraction of sp³-hybridized carbons (Fsp3) is 0.517. The SMILES string of the molecule is COCCCc1cc(CN(C(=O)CC2CCCNC2)C2CC2)cc(OCc2ccc(C(=O)O)cc2)c1. The van der Waals surface area contributed by atoms with Gasteiger partial charge in [-0.1, -0.05) is 18.2 Å². The second-order valence-electron chi connectivity index (χ2n) is 10.0. The topological polar surface area (TPSA) is 88.1 Å². The van der Waals surface area contributed by atoms with E-state index in [1.807, 2.05) is 6.07 Å². The molecule has 2 N–H and O–H groups in total. The minimum absolute atomic E-state index is 0.259. The molecule has 2 aromatic carbocycles. The van der Waals surface area contributed by atoms with Crippen LogP contribution >= 0.6 is 0 Å². The molecule has 7 heteroatoms. The van der Waals surface area contributed by atoms with Crippen LogP contribution in [0.15, 0.2) is 42.5 Å². The van der Waals surface area contributed by atoms with E-state index in [0.29, 0.717) is 38.1 Å². The highest BCUT2D eigenvalue weighted by atomic mass is 16.5. The van der Waals surface area contributed by atoms with Gasteiger partial charge in [0.25, 0.3) is 0 Å². The maximum Gasteiger partial charge on any atom is 0.335 e. The van der Waals surface area contributed by atoms with Crippen LogP contribution in [0.3, 0.4) is 0 Å². The summed E-state index contributed by atoms with van der Waals surface area (Å²) >= 11 is 0. The molecule has 1 saturated carbocycles. The van der Waals surface area contributed by atoms with Gasteiger partial charge in [0.05, 0.1) is 5.56 Å². The third kappa shape index (κ3) is 7.80. The Kier molecular flexibility index (Phi) is 9.36. The van der Waals surface area contributed by atoms with E-state index in [4.69, 9.17) is 14.6 Å². The number of aromatic carboxylic acids is 1. The minimum atomic E-state index is -0.939. The lowest BCUT2D eigenvalue weighted by Gasteiger charge is -2.28. The van der Waals surface area contributed by atoms with Crippen LogP contribution in [0.1, 0.15) is 65.6 Å². The van der Waals surface area contributed by atoms with Gasteiger partial charge in [0.15, 0.2) is 0 Å². The number of nitrogens with zero attached hydrogens (tertiary/aromatic N) is 1. The molecule has 0 bridgehead atoms. The fourth-order valence-electron chi connectivity index (χ4n) is 4.84. The summed E-state index contributed by atoms with van der Waals surface area (Å²) in [6.07, 6.45) is 6.83. The number of piperidine rings is 1. The number of rotatable bonds is 13. The van der Waals surface area contributed by atoms with Crippen molar-refractivity contribution in [3.8, 4) is 5.75 Å². The van der Waals surface area contributed by atoms with Crippen molar-refractivity contribution >= 4 is 11.9 Å². The Morgan fingerprint density at radius 1 is 1.06 bits per heavy atom. The van der Waals surface area contributed by atoms with Crippen LogP contribution in [0.5, 0.6) is 5.75 Å². The number of hydrogen-bond donors (Lipinski definition) is 2. The average molecular weight is 495 g/mol. The molecule has 1 saturated heterocycles. The first-order valence-electron chi connectivity index (χ1n) is 13.1. The highest BCUT2D eigenvalue weighted by Crippen LogP contribution is 2.31. The minimum Gasteiger partial charge on any atom is -0.489 e. The summed E-state index contributed by atoms with van der Waals surface area (Å²) in [5, 5.41) is 12.5. The van der Waals surface area contributed by atoms with Gasteiger partial charge >= 0.3 is 5.97 Å². The highest BCUT2D eigenvalue weighted by molar-refractivity contribution is 5.87. The zero-order valence-electron chi connectivity index (χ0n) is 21.2. The van der Waals surface area contributed by atoms with Crippen molar-refractivity contribution < 1.29 is 24.2 Å². The average Bonchev–Trinajstić information content (AvgIpc) is 3.72. The van der Waals surface area contributed by atoms with Gasteiger partial charge in [-0.05, 0) is 98.5 Å². The number of carbonyl (C=O) groups excluding carboxylic acids is 1. The van der Waals surface area contributed by atoms with Gasteiger partial charge in [-0.15, -0.1) is 0 Å². The number of carboxylic acid groups (broad SMARTS) is 1. The molecule has 4 rings (SSSR count). The number of benzene rings is 2. The summed E-state index contributed by atoms with van der Waals surface area (Å²) < 4.78 is 11.4. The Bertz CT molecular complexity index is 1010. The molecule has 1 atom stereocenters. The molecule has 1 aliphatic carbocycles. The van der Waals surface area contributed by atoms with E-state index in [0.717, 1.165) is 68.5 Å². The number of amides is 1. The largest absolute Gasteiger partial charge is 0.489 e. The maximum absolute atomic E-state index is 13.3. The van der Waals surface area contributed by atoms with Crippen LogP contribution in [0.4, 0.5) is 0 Å². The summed E-state index contributed by atoms with van der Waals surface area (Å²) in [5.41, 5.74) is 3.42. The van der Waals surface area contributed by atoms with Crippen LogP contribution in [0.25, 0.3) is 0 Å². The van der Waals surface area contributed by atoms with Crippen LogP contribution in [0.2, 0.25) is 0 Å². The number of carbonyl (C=O) groups is 2. The molecule has 36 heavy (non-hydrogen) atoms. The number of methoxy groups -OCH3 is 1. The van der Waals surface area contributed by atoms with Crippen LogP contribution in [0, 0.1) is 5.92 Å². The zero-order chi connectivity index (χ0) is 25.3. The number of hydrogen-bond acceptors (Lipinski definition) is 5. The first kappa shape index (κ1) is 26.2. The smallest absolute Gasteiger partial charge is 0.335 e. The van der Waals surface area contributed by atoms with Crippen molar-refractivity contribution in [2.24, 2.45) is 5.92 Å². The Morgan fingerprint density at radius 3 is 2.50 bits per heavy atom. The van der Waals surface area contributed by atoms with Gasteiger partial charge in [0, 0.05) is 32.7 Å². The van der Waals surface area contributed by atoms with Gasteiger partial charge < -0.3 is 24.8 Å². The summed E-state index contributed by atoms with van der Waals surface area (Å²) in [7, 11) is 1.71. The maximum atomic E-state index is 13.3. The lowest BCUT2D eigenvalue weighted by molar-refractivity contribution is -0.133. The Labute approximate surface area is 213 Å². The lowest BCUT2D eigenvalue weighted by atomic mass is 9.95. The third-order valence-electron chi connectivity index (χ3n) is 6.97. The molecule has 2 aromatic rings. The predicted molar refractivity (Wildman–Crippen MR) is 138 cm³/mol. The van der Waals surface area contributed by atoms with Gasteiger partial charge in [-0.3, -0.25) is 4.79 Å². The molecular formula is C29H38N2O5. The summed E-state index contributed by atoms with van der Waals surface area (Å²) in [5.74, 6) is 0.517. The van der Waals surface area contributed by atoms with E-state index in [1.54, 1.807) is 31.4 Å². The van der Waals surface area contributed by atoms with E-state index in [-0.39, 0.29) is 11.5 Å². The quantitative estimate of drug-likeness (QED) is 0.401. The summed E-state index contributed by atoms with van der Waals surface area (Å²) in [6.45, 7) is 3.63. The molecule has 1 unspecified atom stereocenters. The normalized spacial score (nSPS) is 17.5. The van der Waals surface area contributed by atoms with Crippen molar-refractivity contribution in [2.75, 3.05) is 26.8 Å². The Hall–Kier alpha value is -2.90. The molecule has 0 radical (unpaired) electrons. The van der Waals surface area contributed by atoms with Gasteiger partial charge in [0.1, 0.15) is 12.4 Å². The van der Waals surface area contributed by atoms with Gasteiger partial charge in [-0.2, -0.15) is 0 Å². The number of aryl methyl sites for hydroxylation is 1. The fourth-order valence-corrected chi connectivity index (χ4v) is 4.84. The monoisotopic (exact) mass is 494 g/mol. The molecule has 2 fully saturated rings. The summed E-state index contributed by atoms with van der Waals surface area (Å²) in [6, 6.07) is 13.4. The van der Waals surface area contributed by atoms with Crippen LogP contribution < -0.4 is 10.1 Å². The van der Waals surface area contributed by atoms with E-state index in [1.165, 1.54) is 5.56 Å². The Balaban J connectivity index is 1.45. The molecule has 194 valence electrons. The molecule has 2 aliphatic rings. The third-order valence-corrected chi connectivity index (χ3v) is 6.97. The number of ether oxygens (including phenoxy) is 2. The second-order valence-corrected chi connectivity index (χ2v) is 10.0. The van der Waals surface area contributed by atoms with Gasteiger partial charge in [0.2, 0.25) is 5.91 Å². The van der Waals surface area contributed by atoms with E-state index >= 15 is 0 Å². The van der Waals surface area contributed by atoms with Crippen molar-refractivity contribution in [2.45, 2.75) is 64.1 Å². The molecule has 1 amide bonds. The van der Waals surface area contributed by atoms with Gasteiger partial charge in [-0.25, -0.2) is 4.79 Å². The first-order valence-corrected chi connectivity index (χ1v) is 13.1. The lowest BCUT2D eigenvalue weighted by Crippen LogP contribution is -2.37. The number of nitrogens with one attached hydrogen (secondary N) is 1. The van der Waals surface area contributed by atoms with Crippen LogP contribution in [-0.4, -0.2) is 54.7 Å². The molecule has 1 heterocycles. The molecule has 0 spiro atoms. The Morgan fingerprint density at radius 2 is 1.83 bits per heavy atom. The van der Waals surface area contributed by atoms with Crippen molar-refractivity contribution in [1.82, 2.24) is 10.2 Å². The molecule has 1 aliphatic heterocycles. The van der Waals surface area contributed by atoms with Crippen molar-refractivity contribution in [3.05, 3.63) is 64.7 Å². The van der Waals surface area contributed by atoms with Crippen molar-refractivity contribution in [1.29, 1.82) is 0 Å². The first-order chi connectivity index (χ1) is 17.5. The van der Waals surface area contributed by atoms with Crippen LogP contribution in [-0.2, 0) is 29.1 Å². The summed E-state index contributed by atoms with van der Waals surface area (Å²) in [4.78, 5) is 26.5. The predicted octanol–water partition coefficient (Wildman–Crippen LogP) is 4.42. The molecule has 7 nitrogen and oxygen atoms in total. The second kappa shape index (κ2) is 12.9. The zero-order valence-corrected chi connectivity index (χ0v) is 21.2. The highest BCUT2D eigenvalue weighted by Gasteiger charge is 2.33. The van der Waals surface area contributed by atoms with E-state index in [2.05, 4.69) is 22.3 Å². The number of carboxylic acids is 1. The molecular weight excluding hydrogens is 456 g/mol.